The minimum Gasteiger partial charge on any atom is -0.482 e. The molecule has 3 aromatic rings. The zero-order chi connectivity index (χ0) is 33.9. The first-order valence-corrected chi connectivity index (χ1v) is 18.0. The van der Waals surface area contributed by atoms with E-state index in [1.807, 2.05) is 19.1 Å². The zero-order valence-electron chi connectivity index (χ0n) is 26.0. The minimum absolute atomic E-state index is 0.291. The number of benzene rings is 3. The van der Waals surface area contributed by atoms with Gasteiger partial charge >= 0.3 is 5.97 Å². The maximum Gasteiger partial charge on any atom is 0.341 e. The molecule has 1 aliphatic carbocycles. The van der Waals surface area contributed by atoms with Crippen molar-refractivity contribution in [3.05, 3.63) is 99.0 Å². The molecule has 47 heavy (non-hydrogen) atoms. The number of carbonyl (C=O) groups is 3. The first-order chi connectivity index (χ1) is 22.3. The molecule has 10 nitrogen and oxygen atoms in total. The Bertz CT molecular complexity index is 1750. The number of halogens is 2. The third-order valence-corrected chi connectivity index (χ3v) is 9.90. The van der Waals surface area contributed by atoms with Crippen molar-refractivity contribution in [2.45, 2.75) is 69.1 Å². The van der Waals surface area contributed by atoms with E-state index in [1.54, 1.807) is 59.5 Å². The summed E-state index contributed by atoms with van der Waals surface area (Å²) in [6.07, 6.45) is 4.24. The van der Waals surface area contributed by atoms with Crippen LogP contribution in [0.2, 0.25) is 10.0 Å². The molecule has 250 valence electrons. The van der Waals surface area contributed by atoms with Gasteiger partial charge in [0.25, 0.3) is 5.91 Å². The lowest BCUT2D eigenvalue weighted by Crippen LogP contribution is -2.59. The number of carboxylic acid groups (broad SMARTS) is 1. The normalized spacial score (nSPS) is 21.9. The molecule has 5 rings (SSSR count). The van der Waals surface area contributed by atoms with Gasteiger partial charge in [0.2, 0.25) is 15.9 Å². The van der Waals surface area contributed by atoms with Crippen molar-refractivity contribution in [3.63, 3.8) is 0 Å². The van der Waals surface area contributed by atoms with Gasteiger partial charge in [-0.2, -0.15) is 0 Å². The lowest BCUT2D eigenvalue weighted by molar-refractivity contribution is -0.139. The monoisotopic (exact) mass is 701 g/mol. The fraction of sp³-hybridized carbons (Fsp3) is 0.382. The van der Waals surface area contributed by atoms with E-state index >= 15 is 0 Å². The predicted octanol–water partition coefficient (Wildman–Crippen LogP) is 5.35. The number of aliphatic carboxylic acids is 1. The average molecular weight is 703 g/mol. The van der Waals surface area contributed by atoms with Crippen LogP contribution in [-0.2, 0) is 26.0 Å². The van der Waals surface area contributed by atoms with E-state index in [-0.39, 0.29) is 17.9 Å². The Morgan fingerprint density at radius 2 is 1.72 bits per heavy atom. The molecular formula is C34H37Cl2N3O7S. The molecule has 1 saturated carbocycles. The van der Waals surface area contributed by atoms with Crippen molar-refractivity contribution in [1.82, 2.24) is 14.9 Å². The number of ether oxygens (including phenoxy) is 1. The molecule has 0 spiro atoms. The predicted molar refractivity (Wildman–Crippen MR) is 179 cm³/mol. The van der Waals surface area contributed by atoms with E-state index in [9.17, 15) is 22.8 Å². The van der Waals surface area contributed by atoms with Crippen molar-refractivity contribution in [3.8, 4) is 5.75 Å². The van der Waals surface area contributed by atoms with Crippen molar-refractivity contribution in [1.29, 1.82) is 0 Å². The van der Waals surface area contributed by atoms with E-state index < -0.39 is 46.6 Å². The molecule has 0 aromatic heterocycles. The number of nitrogens with one attached hydrogen (secondary N) is 2. The second-order valence-corrected chi connectivity index (χ2v) is 14.8. The Kier molecular flexibility index (Phi) is 10.8. The fourth-order valence-electron chi connectivity index (χ4n) is 6.73. The molecule has 2 aliphatic rings. The smallest absolute Gasteiger partial charge is 0.341 e. The fourth-order valence-corrected chi connectivity index (χ4v) is 8.08. The SMILES string of the molecule is CC(Cc1ccc(OCC(=O)O)cc1)NC(=O)[C@@H]1c2ccccc2C(=O)N([C@H]2CCCC[C@@H]2NS(C)(=O)=O)[C@H]1c1ccc(Cl)cc1Cl. The quantitative estimate of drug-likeness (QED) is 0.245. The highest BCUT2D eigenvalue weighted by Crippen LogP contribution is 2.48. The number of hydrogen-bond donors (Lipinski definition) is 3. The number of amides is 2. The van der Waals surface area contributed by atoms with Crippen LogP contribution in [0.4, 0.5) is 0 Å². The molecule has 1 heterocycles. The zero-order valence-corrected chi connectivity index (χ0v) is 28.3. The topological polar surface area (TPSA) is 142 Å². The van der Waals surface area contributed by atoms with Crippen LogP contribution in [-0.4, -0.2) is 67.2 Å². The molecule has 5 atom stereocenters. The third-order valence-electron chi connectivity index (χ3n) is 8.61. The van der Waals surface area contributed by atoms with Crippen LogP contribution in [0, 0.1) is 0 Å². The van der Waals surface area contributed by atoms with Crippen LogP contribution in [0.5, 0.6) is 5.75 Å². The number of sulfonamides is 1. The highest BCUT2D eigenvalue weighted by Gasteiger charge is 2.49. The minimum atomic E-state index is -3.60. The maximum absolute atomic E-state index is 14.5. The number of carboxylic acids is 1. The van der Waals surface area contributed by atoms with E-state index in [1.165, 1.54) is 0 Å². The number of rotatable bonds is 11. The van der Waals surface area contributed by atoms with Crippen LogP contribution >= 0.6 is 23.2 Å². The Balaban J connectivity index is 1.52. The molecule has 13 heteroatoms. The van der Waals surface area contributed by atoms with Crippen LogP contribution in [0.3, 0.4) is 0 Å². The third kappa shape index (κ3) is 8.27. The molecule has 0 bridgehead atoms. The van der Waals surface area contributed by atoms with Gasteiger partial charge in [-0.3, -0.25) is 9.59 Å². The molecule has 0 radical (unpaired) electrons. The summed E-state index contributed by atoms with van der Waals surface area (Å²) in [6.45, 7) is 1.43. The van der Waals surface area contributed by atoms with Gasteiger partial charge in [-0.1, -0.05) is 72.4 Å². The Labute approximate surface area is 284 Å². The summed E-state index contributed by atoms with van der Waals surface area (Å²) in [7, 11) is -3.60. The molecule has 2 amide bonds. The van der Waals surface area contributed by atoms with Crippen molar-refractivity contribution >= 4 is 51.0 Å². The Morgan fingerprint density at radius 1 is 1.02 bits per heavy atom. The molecule has 3 aromatic carbocycles. The van der Waals surface area contributed by atoms with Crippen LogP contribution in [0.15, 0.2) is 66.7 Å². The van der Waals surface area contributed by atoms with Gasteiger partial charge in [0.05, 0.1) is 18.2 Å². The summed E-state index contributed by atoms with van der Waals surface area (Å²) < 4.78 is 32.8. The van der Waals surface area contributed by atoms with E-state index in [2.05, 4.69) is 10.0 Å². The Hall–Kier alpha value is -3.64. The highest BCUT2D eigenvalue weighted by molar-refractivity contribution is 7.88. The number of carbonyl (C=O) groups excluding carboxylic acids is 2. The standard InChI is InChI=1S/C34H37Cl2N3O7S/c1-20(17-21-11-14-23(15-12-21)46-19-30(40)41)37-33(42)31-24-7-3-4-8-25(24)34(43)39(32(31)26-16-13-22(35)18-27(26)36)29-10-6-5-9-28(29)38-47(2,44)45/h3-4,7-8,11-16,18,20,28-29,31-32,38H,5-6,9-10,17,19H2,1-2H3,(H,37,42)(H,40,41)/t20?,28-,29-,31+,32-/m0/s1. The summed E-state index contributed by atoms with van der Waals surface area (Å²) in [6, 6.07) is 16.7. The summed E-state index contributed by atoms with van der Waals surface area (Å²) in [5.74, 6) is -2.14. The average Bonchev–Trinajstić information content (AvgIpc) is 3.00. The molecule has 1 aliphatic heterocycles. The second kappa shape index (κ2) is 14.6. The molecular weight excluding hydrogens is 665 g/mol. The largest absolute Gasteiger partial charge is 0.482 e. The molecule has 1 fully saturated rings. The molecule has 3 N–H and O–H groups in total. The molecule has 1 unspecified atom stereocenters. The van der Waals surface area contributed by atoms with Crippen molar-refractivity contribution in [2.75, 3.05) is 12.9 Å². The lowest BCUT2D eigenvalue weighted by Gasteiger charge is -2.49. The van der Waals surface area contributed by atoms with E-state index in [0.717, 1.165) is 24.7 Å². The van der Waals surface area contributed by atoms with Crippen LogP contribution in [0.1, 0.15) is 71.6 Å². The van der Waals surface area contributed by atoms with Crippen molar-refractivity contribution < 1.29 is 32.6 Å². The number of nitrogens with zero attached hydrogens (tertiary/aromatic N) is 1. The van der Waals surface area contributed by atoms with Crippen LogP contribution < -0.4 is 14.8 Å². The summed E-state index contributed by atoms with van der Waals surface area (Å²) in [5.41, 5.74) is 2.36. The summed E-state index contributed by atoms with van der Waals surface area (Å²) in [5, 5.41) is 12.7. The maximum atomic E-state index is 14.5. The van der Waals surface area contributed by atoms with Gasteiger partial charge in [0, 0.05) is 33.7 Å². The highest BCUT2D eigenvalue weighted by atomic mass is 35.5. The summed E-state index contributed by atoms with van der Waals surface area (Å²) >= 11 is 13.1. The van der Waals surface area contributed by atoms with Gasteiger partial charge in [0.1, 0.15) is 5.75 Å². The van der Waals surface area contributed by atoms with Gasteiger partial charge < -0.3 is 20.1 Å². The lowest BCUT2D eigenvalue weighted by atomic mass is 9.76. The van der Waals surface area contributed by atoms with Gasteiger partial charge in [-0.05, 0) is 73.2 Å². The second-order valence-electron chi connectivity index (χ2n) is 12.2. The molecule has 0 saturated heterocycles. The first-order valence-electron chi connectivity index (χ1n) is 15.4. The van der Waals surface area contributed by atoms with E-state index in [4.69, 9.17) is 33.0 Å². The van der Waals surface area contributed by atoms with Crippen molar-refractivity contribution in [2.24, 2.45) is 0 Å². The van der Waals surface area contributed by atoms with Gasteiger partial charge in [-0.15, -0.1) is 0 Å². The summed E-state index contributed by atoms with van der Waals surface area (Å²) in [4.78, 5) is 41.4. The number of hydrogen-bond acceptors (Lipinski definition) is 6. The number of fused-ring (bicyclic) bond motifs is 1. The first kappa shape index (κ1) is 34.7. The van der Waals surface area contributed by atoms with Gasteiger partial charge in [-0.25, -0.2) is 17.9 Å². The Morgan fingerprint density at radius 3 is 2.40 bits per heavy atom. The van der Waals surface area contributed by atoms with Crippen LogP contribution in [0.25, 0.3) is 0 Å². The van der Waals surface area contributed by atoms with E-state index in [0.29, 0.717) is 51.7 Å². The van der Waals surface area contributed by atoms with Gasteiger partial charge in [0.15, 0.2) is 6.61 Å².